The minimum absolute atomic E-state index is 0.255. The van der Waals surface area contributed by atoms with Crippen LogP contribution in [0.25, 0.3) is 5.69 Å². The molecule has 2 unspecified atom stereocenters. The van der Waals surface area contributed by atoms with Gasteiger partial charge in [-0.3, -0.25) is 0 Å². The second-order valence-corrected chi connectivity index (χ2v) is 6.19. The normalized spacial score (nSPS) is 20.6. The summed E-state index contributed by atoms with van der Waals surface area (Å²) in [6, 6.07) is 3.74. The number of halogens is 1. The molecular weight excluding hydrogens is 311 g/mol. The lowest BCUT2D eigenvalue weighted by Crippen LogP contribution is -2.46. The molecule has 2 amide bonds. The van der Waals surface area contributed by atoms with Crippen LogP contribution in [0.2, 0.25) is 0 Å². The number of carbonyl (C=O) groups is 1. The van der Waals surface area contributed by atoms with Crippen molar-refractivity contribution in [2.75, 3.05) is 5.32 Å². The topological polar surface area (TPSA) is 79.2 Å². The highest BCUT2D eigenvalue weighted by atomic mass is 19.1. The first-order valence-corrected chi connectivity index (χ1v) is 8.10. The van der Waals surface area contributed by atoms with Crippen molar-refractivity contribution in [2.24, 2.45) is 0 Å². The first-order valence-electron chi connectivity index (χ1n) is 8.10. The zero-order chi connectivity index (χ0) is 17.1. The van der Waals surface area contributed by atoms with Crippen molar-refractivity contribution in [3.8, 4) is 5.69 Å². The van der Waals surface area contributed by atoms with Gasteiger partial charge in [0.1, 0.15) is 5.69 Å². The number of amides is 2. The SMILES string of the molecule is Cc1cnn(-c2ccc(NC(=O)NC3CCCCC3O)cc2F)c1. The summed E-state index contributed by atoms with van der Waals surface area (Å²) in [6.07, 6.45) is 6.25. The summed E-state index contributed by atoms with van der Waals surface area (Å²) in [5.41, 5.74) is 1.60. The molecule has 2 aromatic rings. The summed E-state index contributed by atoms with van der Waals surface area (Å²) < 4.78 is 15.7. The Morgan fingerprint density at radius 3 is 2.83 bits per heavy atom. The third-order valence-electron chi connectivity index (χ3n) is 4.21. The fraction of sp³-hybridized carbons (Fsp3) is 0.412. The molecule has 1 aromatic carbocycles. The van der Waals surface area contributed by atoms with Crippen LogP contribution in [-0.4, -0.2) is 33.1 Å². The molecule has 1 aromatic heterocycles. The minimum atomic E-state index is -0.522. The molecule has 1 heterocycles. The molecule has 3 rings (SSSR count). The van der Waals surface area contributed by atoms with Crippen molar-refractivity contribution in [3.63, 3.8) is 0 Å². The molecule has 24 heavy (non-hydrogen) atoms. The molecule has 0 aliphatic heterocycles. The molecule has 3 N–H and O–H groups in total. The number of aromatic nitrogens is 2. The average Bonchev–Trinajstić information content (AvgIpc) is 2.96. The zero-order valence-corrected chi connectivity index (χ0v) is 13.5. The molecule has 0 saturated heterocycles. The predicted octanol–water partition coefficient (Wildman–Crippen LogP) is 2.74. The number of aliphatic hydroxyl groups excluding tert-OH is 1. The third-order valence-corrected chi connectivity index (χ3v) is 4.21. The van der Waals surface area contributed by atoms with E-state index >= 15 is 0 Å². The highest BCUT2D eigenvalue weighted by Crippen LogP contribution is 2.20. The number of benzene rings is 1. The summed E-state index contributed by atoms with van der Waals surface area (Å²) in [6.45, 7) is 1.88. The Morgan fingerprint density at radius 1 is 1.38 bits per heavy atom. The summed E-state index contributed by atoms with van der Waals surface area (Å²) in [4.78, 5) is 12.0. The van der Waals surface area contributed by atoms with Gasteiger partial charge in [-0.15, -0.1) is 0 Å². The van der Waals surface area contributed by atoms with E-state index < -0.39 is 18.0 Å². The van der Waals surface area contributed by atoms with Crippen LogP contribution in [-0.2, 0) is 0 Å². The Hall–Kier alpha value is -2.41. The molecule has 1 fully saturated rings. The lowest BCUT2D eigenvalue weighted by atomic mass is 9.93. The quantitative estimate of drug-likeness (QED) is 0.808. The maximum Gasteiger partial charge on any atom is 0.319 e. The van der Waals surface area contributed by atoms with Crippen LogP contribution in [0.5, 0.6) is 0 Å². The molecule has 1 aliphatic carbocycles. The Labute approximate surface area is 139 Å². The van der Waals surface area contributed by atoms with Crippen LogP contribution < -0.4 is 10.6 Å². The smallest absolute Gasteiger partial charge is 0.319 e. The van der Waals surface area contributed by atoms with Crippen LogP contribution >= 0.6 is 0 Å². The van der Waals surface area contributed by atoms with Crippen LogP contribution in [0.1, 0.15) is 31.2 Å². The number of aliphatic hydroxyl groups is 1. The summed E-state index contributed by atoms with van der Waals surface area (Å²) in [7, 11) is 0. The Balaban J connectivity index is 1.65. The van der Waals surface area contributed by atoms with E-state index in [0.717, 1.165) is 24.8 Å². The molecule has 1 aliphatic rings. The number of hydrogen-bond donors (Lipinski definition) is 3. The molecule has 0 radical (unpaired) electrons. The predicted molar refractivity (Wildman–Crippen MR) is 88.7 cm³/mol. The van der Waals surface area contributed by atoms with Crippen LogP contribution in [0, 0.1) is 12.7 Å². The van der Waals surface area contributed by atoms with Gasteiger partial charge >= 0.3 is 6.03 Å². The van der Waals surface area contributed by atoms with Crippen molar-refractivity contribution in [2.45, 2.75) is 44.8 Å². The Morgan fingerprint density at radius 2 is 2.17 bits per heavy atom. The van der Waals surface area contributed by atoms with Crippen molar-refractivity contribution < 1.29 is 14.3 Å². The van der Waals surface area contributed by atoms with E-state index in [1.54, 1.807) is 24.5 Å². The average molecular weight is 332 g/mol. The van der Waals surface area contributed by atoms with Crippen molar-refractivity contribution in [1.82, 2.24) is 15.1 Å². The summed E-state index contributed by atoms with van der Waals surface area (Å²) >= 11 is 0. The van der Waals surface area contributed by atoms with E-state index in [1.165, 1.54) is 10.7 Å². The Bertz CT molecular complexity index is 731. The Kier molecular flexibility index (Phi) is 4.80. The molecule has 0 bridgehead atoms. The summed E-state index contributed by atoms with van der Waals surface area (Å²) in [5, 5.41) is 19.3. The van der Waals surface area contributed by atoms with Gasteiger partial charge < -0.3 is 15.7 Å². The van der Waals surface area contributed by atoms with Crippen molar-refractivity contribution in [1.29, 1.82) is 0 Å². The maximum absolute atomic E-state index is 14.2. The number of anilines is 1. The van der Waals surface area contributed by atoms with Gasteiger partial charge in [-0.1, -0.05) is 12.8 Å². The van der Waals surface area contributed by atoms with Gasteiger partial charge in [-0.2, -0.15) is 5.10 Å². The van der Waals surface area contributed by atoms with Gasteiger partial charge in [-0.25, -0.2) is 13.9 Å². The second-order valence-electron chi connectivity index (χ2n) is 6.19. The first kappa shape index (κ1) is 16.4. The number of hydrogen-bond acceptors (Lipinski definition) is 3. The van der Waals surface area contributed by atoms with Gasteiger partial charge in [0.2, 0.25) is 0 Å². The van der Waals surface area contributed by atoms with E-state index in [1.807, 2.05) is 6.92 Å². The number of nitrogens with one attached hydrogen (secondary N) is 2. The molecular formula is C17H21FN4O2. The first-order chi connectivity index (χ1) is 11.5. The van der Waals surface area contributed by atoms with E-state index in [0.29, 0.717) is 17.8 Å². The standard InChI is InChI=1S/C17H21FN4O2/c1-11-9-19-22(10-11)15-7-6-12(8-13(15)18)20-17(24)21-14-4-2-3-5-16(14)23/h6-10,14,16,23H,2-5H2,1H3,(H2,20,21,24). The molecule has 0 spiro atoms. The molecule has 2 atom stereocenters. The molecule has 6 nitrogen and oxygen atoms in total. The molecule has 7 heteroatoms. The monoisotopic (exact) mass is 332 g/mol. The van der Waals surface area contributed by atoms with Crippen molar-refractivity contribution >= 4 is 11.7 Å². The molecule has 128 valence electrons. The van der Waals surface area contributed by atoms with E-state index in [-0.39, 0.29) is 6.04 Å². The fourth-order valence-corrected chi connectivity index (χ4v) is 2.93. The lowest BCUT2D eigenvalue weighted by molar-refractivity contribution is 0.0955. The fourth-order valence-electron chi connectivity index (χ4n) is 2.93. The number of nitrogens with zero attached hydrogens (tertiary/aromatic N) is 2. The number of carbonyl (C=O) groups excluding carboxylic acids is 1. The summed E-state index contributed by atoms with van der Waals surface area (Å²) in [5.74, 6) is -0.478. The van der Waals surface area contributed by atoms with Crippen LogP contribution in [0.4, 0.5) is 14.9 Å². The van der Waals surface area contributed by atoms with Crippen molar-refractivity contribution in [3.05, 3.63) is 42.0 Å². The number of rotatable bonds is 3. The third kappa shape index (κ3) is 3.73. The van der Waals surface area contributed by atoms with E-state index in [9.17, 15) is 14.3 Å². The lowest BCUT2D eigenvalue weighted by Gasteiger charge is -2.28. The zero-order valence-electron chi connectivity index (χ0n) is 13.5. The molecule has 1 saturated carbocycles. The minimum Gasteiger partial charge on any atom is -0.391 e. The van der Waals surface area contributed by atoms with Gasteiger partial charge in [-0.05, 0) is 43.5 Å². The van der Waals surface area contributed by atoms with Gasteiger partial charge in [0.15, 0.2) is 5.82 Å². The maximum atomic E-state index is 14.2. The second kappa shape index (κ2) is 7.00. The largest absolute Gasteiger partial charge is 0.391 e. The van der Waals surface area contributed by atoms with Crippen LogP contribution in [0.3, 0.4) is 0 Å². The highest BCUT2D eigenvalue weighted by molar-refractivity contribution is 5.89. The highest BCUT2D eigenvalue weighted by Gasteiger charge is 2.24. The van der Waals surface area contributed by atoms with E-state index in [4.69, 9.17) is 0 Å². The van der Waals surface area contributed by atoms with E-state index in [2.05, 4.69) is 15.7 Å². The van der Waals surface area contributed by atoms with Crippen LogP contribution in [0.15, 0.2) is 30.6 Å². The van der Waals surface area contributed by atoms with Gasteiger partial charge in [0.25, 0.3) is 0 Å². The number of urea groups is 1. The van der Waals surface area contributed by atoms with Gasteiger partial charge in [0, 0.05) is 11.9 Å². The van der Waals surface area contributed by atoms with Gasteiger partial charge in [0.05, 0.1) is 18.3 Å². The number of aryl methyl sites for hydroxylation is 1.